The summed E-state index contributed by atoms with van der Waals surface area (Å²) in [4.78, 5) is 0. The summed E-state index contributed by atoms with van der Waals surface area (Å²) in [6, 6.07) is 10.8. The van der Waals surface area contributed by atoms with Gasteiger partial charge < -0.3 is 25.5 Å². The van der Waals surface area contributed by atoms with Gasteiger partial charge in [0.15, 0.2) is 0 Å². The normalized spacial score (nSPS) is 13.6. The molecule has 0 saturated carbocycles. The van der Waals surface area contributed by atoms with Crippen LogP contribution in [0.4, 0.5) is 0 Å². The van der Waals surface area contributed by atoms with E-state index in [1.54, 1.807) is 0 Å². The molecule has 2 rings (SSSR count). The first-order chi connectivity index (χ1) is 12.0. The minimum absolute atomic E-state index is 0.000725. The third-order valence-electron chi connectivity index (χ3n) is 4.40. The van der Waals surface area contributed by atoms with E-state index in [0.717, 1.165) is 16.7 Å². The van der Waals surface area contributed by atoms with Crippen LogP contribution < -0.4 is 0 Å². The largest absolute Gasteiger partial charge is 0.508 e. The van der Waals surface area contributed by atoms with Gasteiger partial charge >= 0.3 is 0 Å². The van der Waals surface area contributed by atoms with Gasteiger partial charge in [-0.2, -0.15) is 0 Å². The average Bonchev–Trinajstić information content (AvgIpc) is 2.60. The number of aromatic hydroxyl groups is 2. The molecule has 2 aromatic rings. The molecule has 0 aliphatic carbocycles. The van der Waals surface area contributed by atoms with Crippen molar-refractivity contribution in [3.63, 3.8) is 0 Å². The summed E-state index contributed by atoms with van der Waals surface area (Å²) in [5.41, 5.74) is 3.04. The van der Waals surface area contributed by atoms with Crippen molar-refractivity contribution in [3.05, 3.63) is 47.5 Å². The molecular weight excluding hydrogens is 320 g/mol. The lowest BCUT2D eigenvalue weighted by molar-refractivity contribution is 0.0390. The molecule has 2 aromatic carbocycles. The van der Waals surface area contributed by atoms with Crippen LogP contribution in [0.1, 0.15) is 30.9 Å². The Hall–Kier alpha value is -2.08. The highest BCUT2D eigenvalue weighted by Gasteiger charge is 2.19. The Morgan fingerprint density at radius 2 is 1.60 bits per heavy atom. The van der Waals surface area contributed by atoms with Gasteiger partial charge in [0.25, 0.3) is 0 Å². The molecule has 0 amide bonds. The van der Waals surface area contributed by atoms with Crippen molar-refractivity contribution < 1.29 is 25.5 Å². The van der Waals surface area contributed by atoms with Crippen molar-refractivity contribution in [3.8, 4) is 22.6 Å². The van der Waals surface area contributed by atoms with Crippen LogP contribution in [0.2, 0.25) is 0 Å². The molecule has 2 unspecified atom stereocenters. The number of hydrogen-bond donors (Lipinski definition) is 5. The molecule has 5 N–H and O–H groups in total. The fraction of sp³-hybridized carbons (Fsp3) is 0.400. The summed E-state index contributed by atoms with van der Waals surface area (Å²) in [5.74, 6) is 0.0420. The van der Waals surface area contributed by atoms with Crippen LogP contribution in [-0.2, 0) is 12.8 Å². The van der Waals surface area contributed by atoms with Crippen LogP contribution in [0.3, 0.4) is 0 Å². The Balaban J connectivity index is 2.37. The Kier molecular flexibility index (Phi) is 6.82. The summed E-state index contributed by atoms with van der Waals surface area (Å²) in [6.45, 7) is 1.54. The van der Waals surface area contributed by atoms with Crippen molar-refractivity contribution in [2.45, 2.75) is 44.8 Å². The predicted molar refractivity (Wildman–Crippen MR) is 96.6 cm³/mol. The maximum atomic E-state index is 10.4. The Labute approximate surface area is 147 Å². The molecular formula is C20H26O5. The first kappa shape index (κ1) is 19.2. The monoisotopic (exact) mass is 346 g/mol. The molecule has 0 aliphatic heterocycles. The predicted octanol–water partition coefficient (Wildman–Crippen LogP) is 2.36. The Morgan fingerprint density at radius 3 is 2.20 bits per heavy atom. The second-order valence-electron chi connectivity index (χ2n) is 6.23. The number of phenolic OH excluding ortho intramolecular Hbond substituents is 2. The van der Waals surface area contributed by atoms with Gasteiger partial charge in [0.05, 0.1) is 18.8 Å². The third-order valence-corrected chi connectivity index (χ3v) is 4.40. The van der Waals surface area contributed by atoms with Gasteiger partial charge in [0.1, 0.15) is 11.5 Å². The Morgan fingerprint density at radius 1 is 0.920 bits per heavy atom. The van der Waals surface area contributed by atoms with Crippen LogP contribution in [0.25, 0.3) is 11.1 Å². The zero-order valence-corrected chi connectivity index (χ0v) is 14.4. The number of phenols is 2. The van der Waals surface area contributed by atoms with Crippen LogP contribution in [-0.4, -0.2) is 44.3 Å². The van der Waals surface area contributed by atoms with Crippen LogP contribution in [0, 0.1) is 0 Å². The lowest BCUT2D eigenvalue weighted by Gasteiger charge is -2.20. The van der Waals surface area contributed by atoms with E-state index in [1.165, 1.54) is 6.07 Å². The van der Waals surface area contributed by atoms with E-state index < -0.39 is 12.2 Å². The summed E-state index contributed by atoms with van der Waals surface area (Å²) < 4.78 is 0. The highest BCUT2D eigenvalue weighted by atomic mass is 16.3. The number of rotatable bonds is 8. The topological polar surface area (TPSA) is 101 Å². The molecule has 0 spiro atoms. The molecule has 0 bridgehead atoms. The zero-order chi connectivity index (χ0) is 18.4. The molecule has 0 aromatic heterocycles. The number of hydrogen-bond acceptors (Lipinski definition) is 5. The average molecular weight is 346 g/mol. The fourth-order valence-electron chi connectivity index (χ4n) is 3.16. The maximum absolute atomic E-state index is 10.4. The van der Waals surface area contributed by atoms with Gasteiger partial charge in [-0.3, -0.25) is 0 Å². The minimum Gasteiger partial charge on any atom is -0.508 e. The first-order valence-electron chi connectivity index (χ1n) is 8.57. The molecule has 0 heterocycles. The van der Waals surface area contributed by atoms with Crippen molar-refractivity contribution in [1.82, 2.24) is 0 Å². The molecule has 5 nitrogen and oxygen atoms in total. The quantitative estimate of drug-likeness (QED) is 0.505. The van der Waals surface area contributed by atoms with Crippen molar-refractivity contribution in [1.29, 1.82) is 0 Å². The van der Waals surface area contributed by atoms with Crippen LogP contribution in [0.15, 0.2) is 36.4 Å². The smallest absolute Gasteiger partial charge is 0.127 e. The summed E-state index contributed by atoms with van der Waals surface area (Å²) >= 11 is 0. The molecule has 0 aliphatic rings. The summed E-state index contributed by atoms with van der Waals surface area (Å²) in [5, 5.41) is 49.0. The molecule has 2 atom stereocenters. The van der Waals surface area contributed by atoms with Gasteiger partial charge in [-0.25, -0.2) is 0 Å². The van der Waals surface area contributed by atoms with Gasteiger partial charge in [0.2, 0.25) is 0 Å². The van der Waals surface area contributed by atoms with Crippen molar-refractivity contribution >= 4 is 0 Å². The Bertz CT molecular complexity index is 684. The van der Waals surface area contributed by atoms with Crippen molar-refractivity contribution in [2.75, 3.05) is 6.61 Å². The summed E-state index contributed by atoms with van der Waals surface area (Å²) in [7, 11) is 0. The summed E-state index contributed by atoms with van der Waals surface area (Å²) in [6.07, 6.45) is -0.256. The van der Waals surface area contributed by atoms with E-state index >= 15 is 0 Å². The lowest BCUT2D eigenvalue weighted by atomic mass is 9.88. The fourth-order valence-corrected chi connectivity index (χ4v) is 3.16. The number of aliphatic hydroxyl groups is 3. The molecule has 0 radical (unpaired) electrons. The maximum Gasteiger partial charge on any atom is 0.127 e. The van der Waals surface area contributed by atoms with Crippen molar-refractivity contribution in [2.24, 2.45) is 0 Å². The van der Waals surface area contributed by atoms with E-state index in [4.69, 9.17) is 5.11 Å². The highest BCUT2D eigenvalue weighted by Crippen LogP contribution is 2.40. The van der Waals surface area contributed by atoms with Gasteiger partial charge in [-0.05, 0) is 36.0 Å². The molecule has 136 valence electrons. The van der Waals surface area contributed by atoms with Gasteiger partial charge in [-0.15, -0.1) is 0 Å². The third kappa shape index (κ3) is 4.72. The molecule has 5 heteroatoms. The van der Waals surface area contributed by atoms with E-state index in [1.807, 2.05) is 37.3 Å². The van der Waals surface area contributed by atoms with Gasteiger partial charge in [-0.1, -0.05) is 37.3 Å². The van der Waals surface area contributed by atoms with Crippen LogP contribution >= 0.6 is 0 Å². The first-order valence-corrected chi connectivity index (χ1v) is 8.57. The minimum atomic E-state index is -0.952. The zero-order valence-electron chi connectivity index (χ0n) is 14.4. The van der Waals surface area contributed by atoms with Gasteiger partial charge in [0, 0.05) is 18.1 Å². The SMILES string of the molecule is CCc1c(O)cc(O)c(-c2ccccc2)c1CCC(O)CC(O)CO. The molecule has 25 heavy (non-hydrogen) atoms. The van der Waals surface area contributed by atoms with E-state index in [-0.39, 0.29) is 24.5 Å². The molecule has 0 fully saturated rings. The standard InChI is InChI=1S/C20H26O5/c1-2-16-17(9-8-14(22)10-15(23)12-21)20(19(25)11-18(16)24)13-6-4-3-5-7-13/h3-7,11,14-15,21-25H,2,8-10,12H2,1H3. The highest BCUT2D eigenvalue weighted by molar-refractivity contribution is 5.76. The second kappa shape index (κ2) is 8.85. The van der Waals surface area contributed by atoms with E-state index in [0.29, 0.717) is 24.8 Å². The van der Waals surface area contributed by atoms with E-state index in [9.17, 15) is 20.4 Å². The molecule has 0 saturated heterocycles. The number of benzene rings is 2. The number of aliphatic hydroxyl groups excluding tert-OH is 3. The second-order valence-corrected chi connectivity index (χ2v) is 6.23. The lowest BCUT2D eigenvalue weighted by Crippen LogP contribution is -2.21. The van der Waals surface area contributed by atoms with E-state index in [2.05, 4.69) is 0 Å². The van der Waals surface area contributed by atoms with Crippen LogP contribution in [0.5, 0.6) is 11.5 Å².